The summed E-state index contributed by atoms with van der Waals surface area (Å²) in [5.74, 6) is -4.22. The molecule has 0 unspecified atom stereocenters. The summed E-state index contributed by atoms with van der Waals surface area (Å²) in [7, 11) is 0. The maximum Gasteiger partial charge on any atom is 0.311 e. The van der Waals surface area contributed by atoms with Gasteiger partial charge in [-0.15, -0.1) is 0 Å². The van der Waals surface area contributed by atoms with Crippen molar-refractivity contribution in [3.63, 3.8) is 0 Å². The molecular weight excluding hydrogens is 317 g/mol. The number of carbonyl (C=O) groups excluding carboxylic acids is 1. The minimum Gasteiger partial charge on any atom is -0.477 e. The fraction of sp³-hybridized carbons (Fsp3) is 0.0714. The number of anilines is 1. The van der Waals surface area contributed by atoms with E-state index in [-0.39, 0.29) is 0 Å². The molecule has 0 bridgehead atoms. The second-order valence-electron chi connectivity index (χ2n) is 4.30. The molecule has 1 N–H and O–H groups in total. The van der Waals surface area contributed by atoms with Crippen LogP contribution in [0.5, 0.6) is 5.75 Å². The highest BCUT2D eigenvalue weighted by Gasteiger charge is 2.18. The Bertz CT molecular complexity index is 747. The molecule has 0 saturated heterocycles. The van der Waals surface area contributed by atoms with Crippen LogP contribution >= 0.6 is 0 Å². The van der Waals surface area contributed by atoms with E-state index in [1.807, 2.05) is 5.32 Å². The number of carbonyl (C=O) groups is 1. The molecule has 23 heavy (non-hydrogen) atoms. The second kappa shape index (κ2) is 6.77. The van der Waals surface area contributed by atoms with Crippen molar-refractivity contribution in [2.45, 2.75) is 0 Å². The maximum absolute atomic E-state index is 13.4. The molecule has 0 heterocycles. The highest BCUT2D eigenvalue weighted by molar-refractivity contribution is 5.92. The van der Waals surface area contributed by atoms with Crippen molar-refractivity contribution in [2.24, 2.45) is 0 Å². The molecule has 9 heteroatoms. The minimum absolute atomic E-state index is 0.473. The molecule has 120 valence electrons. The van der Waals surface area contributed by atoms with Crippen LogP contribution < -0.4 is 10.1 Å². The number of nitrogens with one attached hydrogen (secondary N) is 1. The largest absolute Gasteiger partial charge is 0.477 e. The van der Waals surface area contributed by atoms with Gasteiger partial charge in [0.1, 0.15) is 23.1 Å². The van der Waals surface area contributed by atoms with Crippen LogP contribution in [-0.4, -0.2) is 17.4 Å². The topological polar surface area (TPSA) is 81.5 Å². The molecule has 2 aromatic carbocycles. The van der Waals surface area contributed by atoms with Crippen molar-refractivity contribution in [1.82, 2.24) is 0 Å². The summed E-state index contributed by atoms with van der Waals surface area (Å²) < 4.78 is 44.7. The van der Waals surface area contributed by atoms with Crippen LogP contribution in [0.2, 0.25) is 0 Å². The fourth-order valence-corrected chi connectivity index (χ4v) is 1.69. The summed E-state index contributed by atoms with van der Waals surface area (Å²) in [5.41, 5.74) is -1.22. The molecule has 0 spiro atoms. The third kappa shape index (κ3) is 3.96. The van der Waals surface area contributed by atoms with E-state index in [1.54, 1.807) is 0 Å². The minimum atomic E-state index is -0.991. The lowest BCUT2D eigenvalue weighted by molar-refractivity contribution is -0.385. The average Bonchev–Trinajstić information content (AvgIpc) is 2.49. The molecule has 0 fully saturated rings. The van der Waals surface area contributed by atoms with Gasteiger partial charge < -0.3 is 10.1 Å². The number of rotatable bonds is 5. The molecule has 0 aliphatic heterocycles. The Morgan fingerprint density at radius 2 is 1.83 bits per heavy atom. The zero-order valence-corrected chi connectivity index (χ0v) is 11.4. The molecule has 6 nitrogen and oxygen atoms in total. The summed E-state index contributed by atoms with van der Waals surface area (Å²) >= 11 is 0. The summed E-state index contributed by atoms with van der Waals surface area (Å²) in [6, 6.07) is 5.47. The van der Waals surface area contributed by atoms with Crippen molar-refractivity contribution < 1.29 is 27.6 Å². The molecule has 0 aliphatic rings. The first-order valence-corrected chi connectivity index (χ1v) is 6.19. The van der Waals surface area contributed by atoms with Crippen LogP contribution in [0.3, 0.4) is 0 Å². The van der Waals surface area contributed by atoms with Crippen molar-refractivity contribution in [2.75, 3.05) is 11.9 Å². The van der Waals surface area contributed by atoms with E-state index >= 15 is 0 Å². The lowest BCUT2D eigenvalue weighted by Crippen LogP contribution is -2.21. The fourth-order valence-electron chi connectivity index (χ4n) is 1.69. The van der Waals surface area contributed by atoms with Crippen molar-refractivity contribution in [1.29, 1.82) is 0 Å². The van der Waals surface area contributed by atoms with Crippen molar-refractivity contribution >= 4 is 17.3 Å². The van der Waals surface area contributed by atoms with E-state index in [0.29, 0.717) is 0 Å². The standard InChI is InChI=1S/C14H9F3N2O4/c15-8-4-5-11(19(21)22)12(6-8)23-7-13(20)18-14-9(16)2-1-3-10(14)17/h1-6H,7H2,(H,18,20). The van der Waals surface area contributed by atoms with Crippen LogP contribution in [0.1, 0.15) is 0 Å². The van der Waals surface area contributed by atoms with Gasteiger partial charge in [-0.3, -0.25) is 14.9 Å². The Morgan fingerprint density at radius 3 is 2.43 bits per heavy atom. The van der Waals surface area contributed by atoms with Crippen molar-refractivity contribution in [3.8, 4) is 5.75 Å². The predicted molar refractivity (Wildman–Crippen MR) is 73.5 cm³/mol. The van der Waals surface area contributed by atoms with E-state index < -0.39 is 52.0 Å². The molecule has 0 saturated carbocycles. The van der Waals surface area contributed by atoms with Gasteiger partial charge in [0.15, 0.2) is 6.61 Å². The number of nitro benzene ring substituents is 1. The Hall–Kier alpha value is -3.10. The summed E-state index contributed by atoms with van der Waals surface area (Å²) in [6.07, 6.45) is 0. The Morgan fingerprint density at radius 1 is 1.17 bits per heavy atom. The highest BCUT2D eigenvalue weighted by atomic mass is 19.1. The number of benzene rings is 2. The first-order valence-electron chi connectivity index (χ1n) is 6.19. The van der Waals surface area contributed by atoms with Gasteiger partial charge in [-0.05, 0) is 18.2 Å². The molecular formula is C14H9F3N2O4. The first-order chi connectivity index (χ1) is 10.9. The van der Waals surface area contributed by atoms with Crippen LogP contribution in [0, 0.1) is 27.6 Å². The van der Waals surface area contributed by atoms with Crippen LogP contribution in [-0.2, 0) is 4.79 Å². The molecule has 2 aromatic rings. The number of amides is 1. The van der Waals surface area contributed by atoms with Gasteiger partial charge in [0.05, 0.1) is 4.92 Å². The first kappa shape index (κ1) is 16.3. The van der Waals surface area contributed by atoms with E-state index in [9.17, 15) is 28.1 Å². The monoisotopic (exact) mass is 326 g/mol. The van der Waals surface area contributed by atoms with Crippen LogP contribution in [0.15, 0.2) is 36.4 Å². The maximum atomic E-state index is 13.4. The number of hydrogen-bond donors (Lipinski definition) is 1. The van der Waals surface area contributed by atoms with E-state index in [2.05, 4.69) is 0 Å². The Balaban J connectivity index is 2.08. The number of nitro groups is 1. The summed E-state index contributed by atoms with van der Waals surface area (Å²) in [5, 5.41) is 12.7. The molecule has 1 amide bonds. The zero-order valence-electron chi connectivity index (χ0n) is 11.4. The molecule has 0 radical (unpaired) electrons. The molecule has 2 rings (SSSR count). The lowest BCUT2D eigenvalue weighted by atomic mass is 10.3. The molecule has 0 aliphatic carbocycles. The smallest absolute Gasteiger partial charge is 0.311 e. The highest BCUT2D eigenvalue weighted by Crippen LogP contribution is 2.27. The van der Waals surface area contributed by atoms with Gasteiger partial charge in [-0.1, -0.05) is 6.07 Å². The third-order valence-corrected chi connectivity index (χ3v) is 2.70. The van der Waals surface area contributed by atoms with E-state index in [0.717, 1.165) is 36.4 Å². The van der Waals surface area contributed by atoms with Gasteiger partial charge in [0.2, 0.25) is 5.75 Å². The summed E-state index contributed by atoms with van der Waals surface area (Å²) in [4.78, 5) is 21.6. The predicted octanol–water partition coefficient (Wildman–Crippen LogP) is 3.03. The van der Waals surface area contributed by atoms with Gasteiger partial charge in [0.25, 0.3) is 5.91 Å². The average molecular weight is 326 g/mol. The second-order valence-corrected chi connectivity index (χ2v) is 4.30. The van der Waals surface area contributed by atoms with Crippen molar-refractivity contribution in [3.05, 3.63) is 64.0 Å². The zero-order chi connectivity index (χ0) is 17.0. The summed E-state index contributed by atoms with van der Waals surface area (Å²) in [6.45, 7) is -0.794. The number of halogens is 3. The molecule has 0 atom stereocenters. The van der Waals surface area contributed by atoms with E-state index in [4.69, 9.17) is 4.74 Å². The number of para-hydroxylation sites is 1. The SMILES string of the molecule is O=C(COc1cc(F)ccc1[N+](=O)[O-])Nc1c(F)cccc1F. The van der Waals surface area contributed by atoms with Gasteiger partial charge >= 0.3 is 5.69 Å². The quantitative estimate of drug-likeness (QED) is 0.676. The van der Waals surface area contributed by atoms with Gasteiger partial charge in [-0.2, -0.15) is 0 Å². The molecule has 0 aromatic heterocycles. The Kier molecular flexibility index (Phi) is 4.79. The van der Waals surface area contributed by atoms with Gasteiger partial charge in [0, 0.05) is 12.1 Å². The lowest BCUT2D eigenvalue weighted by Gasteiger charge is -2.09. The Labute approximate surface area is 127 Å². The third-order valence-electron chi connectivity index (χ3n) is 2.70. The number of hydrogen-bond acceptors (Lipinski definition) is 4. The van der Waals surface area contributed by atoms with Crippen LogP contribution in [0.4, 0.5) is 24.5 Å². The van der Waals surface area contributed by atoms with Gasteiger partial charge in [-0.25, -0.2) is 13.2 Å². The number of ether oxygens (including phenoxy) is 1. The van der Waals surface area contributed by atoms with E-state index in [1.165, 1.54) is 0 Å². The normalized spacial score (nSPS) is 10.2. The number of nitrogens with zero attached hydrogens (tertiary/aromatic N) is 1. The van der Waals surface area contributed by atoms with Crippen LogP contribution in [0.25, 0.3) is 0 Å².